The highest BCUT2D eigenvalue weighted by Gasteiger charge is 2.51. The monoisotopic (exact) mass is 725 g/mol. The van der Waals surface area contributed by atoms with E-state index >= 15 is 0 Å². The standard InChI is InChI=1S/C35H38F2N5O6PS/c36-35(37,49(46,47)48)24-7-12-30-22(15-24)16-31(50-30)32(43)39-28-10-8-25(40-13-4-14-40)17-26-9-11-29(42(26)33(28)44)34(45)41-19-23(18-38)27(20-41)21-5-2-1-3-6-21/h1-3,5-7,12,15-16,23,25-29H,4,8-11,13-14,17,19-20H2,(H,39,43)(H2,46,47,48)/t23?,25-,26+,27-,28-,29-/m0/s1. The molecule has 2 aromatic carbocycles. The van der Waals surface area contributed by atoms with Gasteiger partial charge in [0.15, 0.2) is 0 Å². The molecule has 0 aliphatic carbocycles. The Morgan fingerprint density at radius 3 is 2.42 bits per heavy atom. The van der Waals surface area contributed by atoms with Crippen molar-refractivity contribution in [2.24, 2.45) is 5.92 Å². The Morgan fingerprint density at radius 2 is 1.74 bits per heavy atom. The summed E-state index contributed by atoms with van der Waals surface area (Å²) in [5, 5.41) is 13.1. The SMILES string of the molecule is N#CC1CN(C(=O)[C@@H]2CC[C@@H]3C[C@@H](N4CCC4)CC[C@H](NC(=O)c4cc5cc(C(F)(F)P(=O)(O)O)ccc5s4)C(=O)N32)C[C@H]1c1ccccc1. The normalized spacial score (nSPS) is 27.7. The van der Waals surface area contributed by atoms with Gasteiger partial charge in [0.1, 0.15) is 12.1 Å². The maximum atomic E-state index is 14.4. The van der Waals surface area contributed by atoms with Crippen LogP contribution in [0.15, 0.2) is 54.6 Å². The molecule has 4 saturated heterocycles. The number of hydrogen-bond donors (Lipinski definition) is 3. The molecule has 4 fully saturated rings. The van der Waals surface area contributed by atoms with Gasteiger partial charge in [0.05, 0.1) is 16.9 Å². The van der Waals surface area contributed by atoms with Crippen molar-refractivity contribution in [1.29, 1.82) is 5.26 Å². The number of carbonyl (C=O) groups excluding carboxylic acids is 3. The summed E-state index contributed by atoms with van der Waals surface area (Å²) >= 11 is 1.02. The summed E-state index contributed by atoms with van der Waals surface area (Å²) in [6, 6.07) is 15.0. The predicted molar refractivity (Wildman–Crippen MR) is 181 cm³/mol. The molecule has 0 saturated carbocycles. The Kier molecular flexibility index (Phi) is 9.32. The van der Waals surface area contributed by atoms with Crippen molar-refractivity contribution in [3.8, 4) is 6.07 Å². The number of rotatable bonds is 7. The van der Waals surface area contributed by atoms with E-state index in [4.69, 9.17) is 0 Å². The molecule has 3 aromatic rings. The number of nitrogens with zero attached hydrogens (tertiary/aromatic N) is 4. The first-order chi connectivity index (χ1) is 23.9. The van der Waals surface area contributed by atoms with E-state index in [1.54, 1.807) is 9.80 Å². The first kappa shape index (κ1) is 34.7. The van der Waals surface area contributed by atoms with Crippen molar-refractivity contribution in [2.45, 2.75) is 74.3 Å². The minimum atomic E-state index is -5.78. The number of halogens is 2. The van der Waals surface area contributed by atoms with Gasteiger partial charge < -0.3 is 29.8 Å². The first-order valence-electron chi connectivity index (χ1n) is 16.9. The number of nitriles is 1. The number of nitrogens with one attached hydrogen (secondary N) is 1. The average molecular weight is 726 g/mol. The summed E-state index contributed by atoms with van der Waals surface area (Å²) < 4.78 is 40.7. The lowest BCUT2D eigenvalue weighted by Crippen LogP contribution is -2.59. The Labute approximate surface area is 292 Å². The van der Waals surface area contributed by atoms with Crippen LogP contribution in [-0.2, 0) is 19.8 Å². The molecule has 3 amide bonds. The van der Waals surface area contributed by atoms with Crippen molar-refractivity contribution in [1.82, 2.24) is 20.0 Å². The molecule has 0 radical (unpaired) electrons. The van der Waals surface area contributed by atoms with Gasteiger partial charge in [0.2, 0.25) is 11.8 Å². The molecule has 0 spiro atoms. The highest BCUT2D eigenvalue weighted by molar-refractivity contribution is 7.52. The van der Waals surface area contributed by atoms with Crippen molar-refractivity contribution in [3.63, 3.8) is 0 Å². The van der Waals surface area contributed by atoms with Crippen LogP contribution in [0.5, 0.6) is 0 Å². The van der Waals surface area contributed by atoms with E-state index in [0.29, 0.717) is 36.9 Å². The Morgan fingerprint density at radius 1 is 1.00 bits per heavy atom. The quantitative estimate of drug-likeness (QED) is 0.299. The number of likely N-dealkylation sites (tertiary alicyclic amines) is 2. The zero-order valence-electron chi connectivity index (χ0n) is 27.2. The molecule has 5 heterocycles. The number of benzene rings is 2. The lowest BCUT2D eigenvalue weighted by atomic mass is 9.90. The van der Waals surface area contributed by atoms with E-state index in [0.717, 1.165) is 55.0 Å². The zero-order valence-corrected chi connectivity index (χ0v) is 28.9. The van der Waals surface area contributed by atoms with Gasteiger partial charge in [0.25, 0.3) is 5.91 Å². The van der Waals surface area contributed by atoms with E-state index in [-0.39, 0.29) is 52.5 Å². The van der Waals surface area contributed by atoms with Gasteiger partial charge in [-0.25, -0.2) is 0 Å². The van der Waals surface area contributed by atoms with Gasteiger partial charge in [-0.05, 0) is 80.8 Å². The van der Waals surface area contributed by atoms with Crippen LogP contribution in [0.2, 0.25) is 0 Å². The van der Waals surface area contributed by atoms with Crippen LogP contribution in [0, 0.1) is 17.2 Å². The second-order valence-corrected chi connectivity index (χ2v) is 16.6. The molecule has 0 bridgehead atoms. The Balaban J connectivity index is 1.13. The second kappa shape index (κ2) is 13.4. The number of thiophene rings is 1. The minimum Gasteiger partial charge on any atom is -0.340 e. The smallest absolute Gasteiger partial charge is 0.340 e. The first-order valence-corrected chi connectivity index (χ1v) is 19.4. The fraction of sp³-hybridized carbons (Fsp3) is 0.486. The molecule has 3 N–H and O–H groups in total. The maximum Gasteiger partial charge on any atom is 0.399 e. The van der Waals surface area contributed by atoms with Gasteiger partial charge in [0, 0.05) is 41.4 Å². The van der Waals surface area contributed by atoms with Crippen molar-refractivity contribution in [2.75, 3.05) is 26.2 Å². The fourth-order valence-corrected chi connectivity index (χ4v) is 9.48. The lowest BCUT2D eigenvalue weighted by Gasteiger charge is -2.44. The second-order valence-electron chi connectivity index (χ2n) is 13.8. The summed E-state index contributed by atoms with van der Waals surface area (Å²) in [5.41, 5.74) is -4.26. The zero-order chi connectivity index (χ0) is 35.4. The van der Waals surface area contributed by atoms with Crippen LogP contribution >= 0.6 is 18.9 Å². The largest absolute Gasteiger partial charge is 0.399 e. The molecule has 7 rings (SSSR count). The topological polar surface area (TPSA) is 154 Å². The third-order valence-electron chi connectivity index (χ3n) is 10.9. The van der Waals surface area contributed by atoms with Crippen LogP contribution in [0.4, 0.5) is 8.78 Å². The summed E-state index contributed by atoms with van der Waals surface area (Å²) in [4.78, 5) is 66.5. The minimum absolute atomic E-state index is 0.131. The number of hydrogen-bond acceptors (Lipinski definition) is 7. The molecule has 4 aliphatic rings. The van der Waals surface area contributed by atoms with Crippen LogP contribution < -0.4 is 5.32 Å². The van der Waals surface area contributed by atoms with Gasteiger partial charge in [-0.3, -0.25) is 18.9 Å². The third-order valence-corrected chi connectivity index (χ3v) is 13.0. The van der Waals surface area contributed by atoms with E-state index in [1.165, 1.54) is 12.1 Å². The van der Waals surface area contributed by atoms with Gasteiger partial charge in [-0.15, -0.1) is 11.3 Å². The summed E-state index contributed by atoms with van der Waals surface area (Å²) in [5.74, 6) is -1.59. The predicted octanol–water partition coefficient (Wildman–Crippen LogP) is 4.61. The average Bonchev–Trinajstić information content (AvgIpc) is 3.80. The molecule has 11 nitrogen and oxygen atoms in total. The van der Waals surface area contributed by atoms with E-state index in [2.05, 4.69) is 16.3 Å². The fourth-order valence-electron chi connectivity index (χ4n) is 8.06. The van der Waals surface area contributed by atoms with Crippen LogP contribution in [0.3, 0.4) is 0 Å². The van der Waals surface area contributed by atoms with Crippen molar-refractivity contribution in [3.05, 3.63) is 70.6 Å². The van der Waals surface area contributed by atoms with Gasteiger partial charge >= 0.3 is 13.3 Å². The van der Waals surface area contributed by atoms with Gasteiger partial charge in [-0.2, -0.15) is 14.0 Å². The number of amides is 3. The van der Waals surface area contributed by atoms with Crippen LogP contribution in [0.25, 0.3) is 10.1 Å². The molecular formula is C35H38F2N5O6PS. The van der Waals surface area contributed by atoms with Crippen LogP contribution in [0.1, 0.15) is 65.2 Å². The molecule has 6 atom stereocenters. The summed E-state index contributed by atoms with van der Waals surface area (Å²) in [6.45, 7) is 2.58. The Bertz CT molecular complexity index is 1890. The number of carbonyl (C=O) groups is 3. The lowest BCUT2D eigenvalue weighted by molar-refractivity contribution is -0.147. The molecule has 4 aliphatic heterocycles. The highest BCUT2D eigenvalue weighted by Crippen LogP contribution is 2.59. The Hall–Kier alpha value is -3.73. The maximum absolute atomic E-state index is 14.4. The van der Waals surface area contributed by atoms with E-state index in [1.807, 2.05) is 30.3 Å². The van der Waals surface area contributed by atoms with E-state index < -0.39 is 36.8 Å². The number of alkyl halides is 2. The highest BCUT2D eigenvalue weighted by atomic mass is 32.1. The molecule has 1 unspecified atom stereocenters. The molecule has 15 heteroatoms. The molecule has 50 heavy (non-hydrogen) atoms. The third kappa shape index (κ3) is 6.35. The van der Waals surface area contributed by atoms with Crippen LogP contribution in [-0.4, -0.2) is 92.6 Å². The molecule has 1 aromatic heterocycles. The summed E-state index contributed by atoms with van der Waals surface area (Å²) in [7, 11) is -5.78. The number of fused-ring (bicyclic) bond motifs is 2. The van der Waals surface area contributed by atoms with Crippen molar-refractivity contribution < 1.29 is 37.5 Å². The van der Waals surface area contributed by atoms with Crippen molar-refractivity contribution >= 4 is 46.7 Å². The summed E-state index contributed by atoms with van der Waals surface area (Å²) in [6.07, 6.45) is 4.02. The van der Waals surface area contributed by atoms with E-state index in [9.17, 15) is 42.8 Å². The van der Waals surface area contributed by atoms with Gasteiger partial charge in [-0.1, -0.05) is 36.4 Å². The molecular weight excluding hydrogens is 687 g/mol. The molecule has 264 valence electrons.